The van der Waals surface area contributed by atoms with Crippen LogP contribution in [-0.2, 0) is 28.8 Å². The molecular formula is C54H59Cl3N12O7. The topological polar surface area (TPSA) is 264 Å². The summed E-state index contributed by atoms with van der Waals surface area (Å²) in [6, 6.07) is 22.9. The van der Waals surface area contributed by atoms with Crippen LogP contribution in [0.3, 0.4) is 0 Å². The Morgan fingerprint density at radius 2 is 0.868 bits per heavy atom. The Labute approximate surface area is 455 Å². The maximum atomic E-state index is 12.6. The van der Waals surface area contributed by atoms with Crippen LogP contribution in [0.2, 0.25) is 15.1 Å². The molecule has 398 valence electrons. The van der Waals surface area contributed by atoms with Crippen LogP contribution in [0.5, 0.6) is 0 Å². The predicted octanol–water partition coefficient (Wildman–Crippen LogP) is 5.60. The van der Waals surface area contributed by atoms with E-state index in [-0.39, 0.29) is 109 Å². The molecule has 0 saturated carbocycles. The molecular weight excluding hydrogens is 1040 g/mol. The lowest BCUT2D eigenvalue weighted by Gasteiger charge is -2.23. The van der Waals surface area contributed by atoms with E-state index in [0.29, 0.717) is 45.9 Å². The van der Waals surface area contributed by atoms with E-state index in [1.807, 2.05) is 26.8 Å². The molecule has 9 heterocycles. The number of nitrogens with zero attached hydrogens (tertiary/aromatic N) is 9. The third kappa shape index (κ3) is 11.5. The monoisotopic (exact) mass is 1090 g/mol. The molecule has 6 bridgehead atoms. The molecule has 0 radical (unpaired) electrons. The summed E-state index contributed by atoms with van der Waals surface area (Å²) in [6.07, 6.45) is 16.1. The lowest BCUT2D eigenvalue weighted by atomic mass is 9.94. The van der Waals surface area contributed by atoms with Crippen LogP contribution in [0.1, 0.15) is 77.0 Å². The number of nitrogens with two attached hydrogens (primary N) is 1. The van der Waals surface area contributed by atoms with Gasteiger partial charge < -0.3 is 50.9 Å². The Hall–Kier alpha value is -6.82. The summed E-state index contributed by atoms with van der Waals surface area (Å²) >= 11 is 17.8. The van der Waals surface area contributed by atoms with Crippen LogP contribution in [-0.4, -0.2) is 129 Å². The van der Waals surface area contributed by atoms with Crippen LogP contribution >= 0.6 is 34.8 Å². The zero-order chi connectivity index (χ0) is 53.9. The number of carboxylic acid groups (broad SMARTS) is 1. The number of carbonyl (C=O) groups is 6. The minimum Gasteiger partial charge on any atom is -0.481 e. The highest BCUT2D eigenvalue weighted by Crippen LogP contribution is 2.40. The number of hydrogen-bond acceptors (Lipinski definition) is 13. The van der Waals surface area contributed by atoms with E-state index >= 15 is 0 Å². The van der Waals surface area contributed by atoms with Gasteiger partial charge in [0.15, 0.2) is 18.6 Å². The molecule has 0 spiro atoms. The van der Waals surface area contributed by atoms with Gasteiger partial charge in [0, 0.05) is 95.2 Å². The molecule has 19 nitrogen and oxygen atoms in total. The fourth-order valence-electron chi connectivity index (χ4n) is 12.7. The van der Waals surface area contributed by atoms with Crippen molar-refractivity contribution in [3.05, 3.63) is 87.9 Å². The van der Waals surface area contributed by atoms with Crippen molar-refractivity contribution in [2.24, 2.45) is 23.5 Å². The molecule has 9 fully saturated rings. The SMILES string of the molecule is N#CN1[C@H]2CC[C@@H]1C(N)C2.N#CN1[C@H]2CC[C@@H]1[C@H](NC(=O)[C@H]1CC(=O)N(c3cccc(Cl)c3)C1)C2.N#CN1[C@H]2CC[C@@H]1[C@H](NC(=O)[C@H]1CC(=O)N(c3cccc(Cl)c3)C1)C2.O=C(O)C1CC(=O)N(c2cccc(Cl)c2)C1. The number of nitriles is 3. The second kappa shape index (κ2) is 23.2. The predicted molar refractivity (Wildman–Crippen MR) is 282 cm³/mol. The van der Waals surface area contributed by atoms with Gasteiger partial charge in [0.2, 0.25) is 29.5 Å². The summed E-state index contributed by atoms with van der Waals surface area (Å²) < 4.78 is 0. The second-order valence-electron chi connectivity index (χ2n) is 21.0. The molecule has 0 aromatic heterocycles. The number of benzene rings is 3. The first-order valence-corrected chi connectivity index (χ1v) is 27.0. The van der Waals surface area contributed by atoms with Crippen molar-refractivity contribution < 1.29 is 33.9 Å². The number of nitrogens with one attached hydrogen (secondary N) is 2. The van der Waals surface area contributed by atoms with Gasteiger partial charge in [-0.3, -0.25) is 28.8 Å². The van der Waals surface area contributed by atoms with Crippen molar-refractivity contribution >= 4 is 87.4 Å². The van der Waals surface area contributed by atoms with Crippen LogP contribution < -0.4 is 31.1 Å². The molecule has 76 heavy (non-hydrogen) atoms. The van der Waals surface area contributed by atoms with E-state index < -0.39 is 11.9 Å². The molecule has 5 amide bonds. The summed E-state index contributed by atoms with van der Waals surface area (Å²) in [7, 11) is 0. The normalized spacial score (nSPS) is 30.2. The lowest BCUT2D eigenvalue weighted by Crippen LogP contribution is -2.46. The maximum absolute atomic E-state index is 12.6. The van der Waals surface area contributed by atoms with Gasteiger partial charge in [0.25, 0.3) is 0 Å². The van der Waals surface area contributed by atoms with Gasteiger partial charge in [-0.1, -0.05) is 53.0 Å². The molecule has 9 saturated heterocycles. The lowest BCUT2D eigenvalue weighted by molar-refractivity contribution is -0.141. The van der Waals surface area contributed by atoms with Crippen LogP contribution in [0, 0.1) is 52.1 Å². The first-order valence-electron chi connectivity index (χ1n) is 25.8. The van der Waals surface area contributed by atoms with E-state index in [1.54, 1.807) is 70.5 Å². The Kier molecular flexibility index (Phi) is 16.5. The van der Waals surface area contributed by atoms with E-state index in [1.165, 1.54) is 11.3 Å². The fourth-order valence-corrected chi connectivity index (χ4v) is 13.3. The minimum absolute atomic E-state index is 0.0150. The van der Waals surface area contributed by atoms with E-state index in [0.717, 1.165) is 62.7 Å². The molecule has 3 aromatic rings. The summed E-state index contributed by atoms with van der Waals surface area (Å²) in [4.78, 5) is 82.6. The maximum Gasteiger partial charge on any atom is 0.308 e. The van der Waals surface area contributed by atoms with Crippen LogP contribution in [0.25, 0.3) is 0 Å². The number of carbonyl (C=O) groups excluding carboxylic acids is 5. The molecule has 2 unspecified atom stereocenters. The number of carboxylic acids is 1. The van der Waals surface area contributed by atoms with Crippen molar-refractivity contribution in [3.8, 4) is 18.6 Å². The molecule has 9 aliphatic rings. The molecule has 3 aromatic carbocycles. The number of fused-ring (bicyclic) bond motifs is 6. The van der Waals surface area contributed by atoms with Crippen molar-refractivity contribution in [1.29, 1.82) is 15.8 Å². The van der Waals surface area contributed by atoms with Crippen molar-refractivity contribution in [1.82, 2.24) is 25.3 Å². The average molecular weight is 1090 g/mol. The number of rotatable bonds is 8. The number of anilines is 3. The van der Waals surface area contributed by atoms with Gasteiger partial charge in [0.1, 0.15) is 0 Å². The summed E-state index contributed by atoms with van der Waals surface area (Å²) in [5.41, 5.74) is 7.90. The Morgan fingerprint density at radius 3 is 1.16 bits per heavy atom. The highest BCUT2D eigenvalue weighted by Gasteiger charge is 2.49. The second-order valence-corrected chi connectivity index (χ2v) is 22.3. The summed E-state index contributed by atoms with van der Waals surface area (Å²) in [5, 5.41) is 43.8. The number of amides is 5. The van der Waals surface area contributed by atoms with Gasteiger partial charge in [-0.05, 0) is 112 Å². The first kappa shape index (κ1) is 54.0. The smallest absolute Gasteiger partial charge is 0.308 e. The number of aliphatic carboxylic acids is 1. The van der Waals surface area contributed by atoms with E-state index in [9.17, 15) is 39.3 Å². The molecule has 9 aliphatic heterocycles. The third-order valence-corrected chi connectivity index (χ3v) is 17.2. The molecule has 0 aliphatic carbocycles. The highest BCUT2D eigenvalue weighted by molar-refractivity contribution is 6.31. The molecule has 5 N–H and O–H groups in total. The first-order chi connectivity index (χ1) is 36.5. The Balaban J connectivity index is 0.000000130. The molecule has 12 atom stereocenters. The van der Waals surface area contributed by atoms with Crippen LogP contribution in [0.4, 0.5) is 17.1 Å². The molecule has 12 rings (SSSR count). The van der Waals surface area contributed by atoms with Gasteiger partial charge in [-0.2, -0.15) is 15.8 Å². The Morgan fingerprint density at radius 1 is 0.526 bits per heavy atom. The summed E-state index contributed by atoms with van der Waals surface area (Å²) in [6.45, 7) is 0.954. The highest BCUT2D eigenvalue weighted by atomic mass is 35.5. The molecule has 22 heteroatoms. The van der Waals surface area contributed by atoms with Crippen molar-refractivity contribution in [2.45, 2.75) is 131 Å². The largest absolute Gasteiger partial charge is 0.481 e. The van der Waals surface area contributed by atoms with Gasteiger partial charge in [-0.25, -0.2) is 0 Å². The van der Waals surface area contributed by atoms with E-state index in [2.05, 4.69) is 29.2 Å². The average Bonchev–Trinajstić information content (AvgIpc) is 4.32. The standard InChI is InChI=1S/2C18H19ClN4O2.C11H10ClNO3.C7H11N3/c2*19-12-2-1-3-13(7-12)22-9-11(6-17(22)24)18(25)21-15-8-14-4-5-16(15)23(14)10-20;12-8-2-1-3-9(5-8)13-6-7(11(15)16)4-10(13)14;8-4-10-5-1-2-7(10)6(9)3-5/h2*1-3,7,11,14-16H,4-6,8-9H2,(H,21,25);1-3,5,7H,4,6H2,(H,15,16);5-7H,1-3,9H2/t2*11-,14-,15+,16+;;5-,6?,7+/m00.0/s1. The zero-order valence-electron chi connectivity index (χ0n) is 41.6. The number of hydrogen-bond donors (Lipinski definition) is 4. The Bertz CT molecular complexity index is 2750. The van der Waals surface area contributed by atoms with Gasteiger partial charge in [-0.15, -0.1) is 0 Å². The van der Waals surface area contributed by atoms with Crippen molar-refractivity contribution in [3.63, 3.8) is 0 Å². The fraction of sp³-hybridized carbons (Fsp3) is 0.500. The minimum atomic E-state index is -0.933. The van der Waals surface area contributed by atoms with Gasteiger partial charge in [0.05, 0.1) is 48.0 Å². The van der Waals surface area contributed by atoms with Gasteiger partial charge >= 0.3 is 5.97 Å². The van der Waals surface area contributed by atoms with Crippen LogP contribution in [0.15, 0.2) is 72.8 Å². The van der Waals surface area contributed by atoms with E-state index in [4.69, 9.17) is 50.9 Å². The third-order valence-electron chi connectivity index (χ3n) is 16.5. The number of halogens is 3. The van der Waals surface area contributed by atoms with Crippen molar-refractivity contribution in [2.75, 3.05) is 34.3 Å². The quantitative estimate of drug-likeness (QED) is 0.200. The summed E-state index contributed by atoms with van der Waals surface area (Å²) in [5.74, 6) is -2.74. The zero-order valence-corrected chi connectivity index (χ0v) is 43.9.